The number of esters is 3. The molecule has 4 aromatic rings. The molecule has 0 spiro atoms. The number of amides is 2. The molecule has 0 saturated heterocycles. The average Bonchev–Trinajstić information content (AvgIpc) is 3.95. The van der Waals surface area contributed by atoms with Crippen molar-refractivity contribution in [2.75, 3.05) is 37.9 Å². The minimum Gasteiger partial charge on any atom is -0.497 e. The van der Waals surface area contributed by atoms with Crippen molar-refractivity contribution in [1.29, 1.82) is 0 Å². The molecule has 2 aromatic heterocycles. The lowest BCUT2D eigenvalue weighted by molar-refractivity contribution is -0.167. The van der Waals surface area contributed by atoms with Crippen molar-refractivity contribution < 1.29 is 59.8 Å². The monoisotopic (exact) mass is 915 g/mol. The van der Waals surface area contributed by atoms with Crippen LogP contribution in [-0.4, -0.2) is 112 Å². The van der Waals surface area contributed by atoms with E-state index < -0.39 is 85.4 Å². The topological polar surface area (TPSA) is 247 Å². The van der Waals surface area contributed by atoms with Gasteiger partial charge in [0.25, 0.3) is 0 Å². The Balaban J connectivity index is 1.08. The number of ether oxygens (including phenoxy) is 4. The molecule has 0 fully saturated rings. The Morgan fingerprint density at radius 1 is 0.984 bits per heavy atom. The van der Waals surface area contributed by atoms with E-state index in [1.807, 2.05) is 25.1 Å². The first-order chi connectivity index (χ1) is 29.4. The van der Waals surface area contributed by atoms with Crippen LogP contribution in [0.25, 0.3) is 11.1 Å². The van der Waals surface area contributed by atoms with Gasteiger partial charge in [0.05, 0.1) is 37.9 Å². The van der Waals surface area contributed by atoms with Gasteiger partial charge >= 0.3 is 23.9 Å². The lowest BCUT2D eigenvalue weighted by Gasteiger charge is -2.27. The predicted molar refractivity (Wildman–Crippen MR) is 227 cm³/mol. The molecule has 0 aliphatic carbocycles. The molecular formula is C41H49N5O13S3. The van der Waals surface area contributed by atoms with E-state index in [4.69, 9.17) is 18.9 Å². The molecule has 2 aromatic carbocycles. The van der Waals surface area contributed by atoms with E-state index in [9.17, 15) is 40.8 Å². The summed E-state index contributed by atoms with van der Waals surface area (Å²) in [4.78, 5) is 65.5. The van der Waals surface area contributed by atoms with E-state index in [0.29, 0.717) is 34.9 Å². The van der Waals surface area contributed by atoms with Gasteiger partial charge in [-0.25, -0.2) is 26.4 Å². The van der Waals surface area contributed by atoms with Crippen LogP contribution in [0.3, 0.4) is 0 Å². The van der Waals surface area contributed by atoms with Crippen LogP contribution < -0.4 is 15.4 Å². The van der Waals surface area contributed by atoms with E-state index in [2.05, 4.69) is 20.8 Å². The summed E-state index contributed by atoms with van der Waals surface area (Å²) in [5, 5.41) is 12.0. The second-order valence-electron chi connectivity index (χ2n) is 14.4. The predicted octanol–water partition coefficient (Wildman–Crippen LogP) is 4.63. The van der Waals surface area contributed by atoms with E-state index in [-0.39, 0.29) is 40.6 Å². The van der Waals surface area contributed by atoms with Crippen molar-refractivity contribution >= 4 is 66.4 Å². The average molecular weight is 916 g/mol. The molecule has 18 nitrogen and oxygen atoms in total. The first-order valence-corrected chi connectivity index (χ1v) is 23.6. The minimum atomic E-state index is -4.30. The lowest BCUT2D eigenvalue weighted by atomic mass is 10.1. The summed E-state index contributed by atoms with van der Waals surface area (Å²) in [6, 6.07) is 14.7. The van der Waals surface area contributed by atoms with Crippen molar-refractivity contribution in [3.05, 3.63) is 78.1 Å². The summed E-state index contributed by atoms with van der Waals surface area (Å²) in [7, 11) is -6.54. The Labute approximate surface area is 363 Å². The number of aromatic amines is 1. The summed E-state index contributed by atoms with van der Waals surface area (Å²) in [5.41, 5.74) is 3.38. The molecule has 3 heterocycles. The van der Waals surface area contributed by atoms with Gasteiger partial charge in [0.2, 0.25) is 0 Å². The third-order valence-corrected chi connectivity index (χ3v) is 15.9. The number of rotatable bonds is 20. The largest absolute Gasteiger partial charge is 0.497 e. The molecule has 4 atom stereocenters. The Morgan fingerprint density at radius 2 is 1.68 bits per heavy atom. The maximum atomic E-state index is 13.4. The van der Waals surface area contributed by atoms with Crippen LogP contribution in [0.1, 0.15) is 64.1 Å². The molecule has 2 amide bonds. The Morgan fingerprint density at radius 3 is 2.32 bits per heavy atom. The molecule has 0 saturated carbocycles. The van der Waals surface area contributed by atoms with Crippen LogP contribution in [0.4, 0.5) is 10.5 Å². The Kier molecular flexibility index (Phi) is 16.0. The maximum absolute atomic E-state index is 13.4. The van der Waals surface area contributed by atoms with Gasteiger partial charge in [-0.3, -0.25) is 19.5 Å². The maximum Gasteiger partial charge on any atom is 0.347 e. The number of nitrogens with one attached hydrogen (secondary N) is 3. The highest BCUT2D eigenvalue weighted by atomic mass is 32.3. The lowest BCUT2D eigenvalue weighted by Crippen LogP contribution is -2.38. The van der Waals surface area contributed by atoms with Crippen molar-refractivity contribution in [2.24, 2.45) is 0 Å². The van der Waals surface area contributed by atoms with E-state index in [0.717, 1.165) is 16.7 Å². The van der Waals surface area contributed by atoms with Crippen LogP contribution >= 0.6 is 11.3 Å². The molecule has 0 bridgehead atoms. The highest BCUT2D eigenvalue weighted by Gasteiger charge is 2.40. The standard InChI is InChI=1S/C41H49N5O13S3/c1-6-42-34-18-25(2)62(54,55)40-33(34)20-38(60-40)61(52,53)24-35(47)26(3)58-36(48)14-15-37(49)59-27(4)39(50)57-17-16-46(23-28-8-7-9-32(19-28)56-5)41(51)45-31-12-10-29(11-13-31)30-21-43-44-22-30/h7-13,19-22,25-27,34,42H,6,14-18,23-24H2,1-5H3,(H,43,44)(H,45,51)/t25-,26?,27?,34-/m0/s1. The minimum absolute atomic E-state index is 0.0416. The highest BCUT2D eigenvalue weighted by molar-refractivity contribution is 7.96. The number of fused-ring (bicyclic) bond motifs is 1. The number of H-pyrrole nitrogens is 1. The zero-order chi connectivity index (χ0) is 45.2. The van der Waals surface area contributed by atoms with E-state index >= 15 is 0 Å². The second-order valence-corrected chi connectivity index (χ2v) is 20.3. The van der Waals surface area contributed by atoms with Gasteiger partial charge in [0.15, 0.2) is 37.7 Å². The van der Waals surface area contributed by atoms with Gasteiger partial charge in [0.1, 0.15) is 26.5 Å². The SMILES string of the molecule is CCN[C@H]1C[C@H](C)S(=O)(=O)c2sc(S(=O)(=O)CC(=O)C(C)OC(=O)CCC(=O)OC(C)C(=O)OCCN(Cc3cccc(OC)c3)C(=O)Nc3ccc(-c4cn[nH]c4)cc3)cc21. The third kappa shape index (κ3) is 12.3. The molecule has 2 unspecified atom stereocenters. The van der Waals surface area contributed by atoms with Crippen LogP contribution in [0.2, 0.25) is 0 Å². The van der Waals surface area contributed by atoms with E-state index in [1.54, 1.807) is 49.6 Å². The number of methoxy groups -OCH3 is 1. The highest BCUT2D eigenvalue weighted by Crippen LogP contribution is 2.43. The molecule has 1 aliphatic rings. The summed E-state index contributed by atoms with van der Waals surface area (Å²) >= 11 is 0.592. The zero-order valence-electron chi connectivity index (χ0n) is 34.7. The van der Waals surface area contributed by atoms with Crippen LogP contribution in [0, 0.1) is 0 Å². The number of carbonyl (C=O) groups is 5. The molecule has 62 heavy (non-hydrogen) atoms. The second kappa shape index (κ2) is 21.0. The molecule has 21 heteroatoms. The number of sulfone groups is 2. The van der Waals surface area contributed by atoms with Crippen molar-refractivity contribution in [3.63, 3.8) is 0 Å². The quantitative estimate of drug-likeness (QED) is 0.0808. The number of Topliss-reactive ketones (excluding diaryl/α,β-unsaturated/α-hetero) is 1. The molecule has 1 aliphatic heterocycles. The summed E-state index contributed by atoms with van der Waals surface area (Å²) in [6.07, 6.45) is -0.286. The number of urea groups is 1. The number of nitrogens with zero attached hydrogens (tertiary/aromatic N) is 2. The van der Waals surface area contributed by atoms with Gasteiger partial charge in [-0.15, -0.1) is 11.3 Å². The van der Waals surface area contributed by atoms with Gasteiger partial charge in [-0.2, -0.15) is 5.10 Å². The number of ketones is 1. The van der Waals surface area contributed by atoms with Crippen LogP contribution in [0.15, 0.2) is 75.4 Å². The van der Waals surface area contributed by atoms with E-state index in [1.165, 1.54) is 31.9 Å². The van der Waals surface area contributed by atoms with Gasteiger partial charge in [0, 0.05) is 30.0 Å². The van der Waals surface area contributed by atoms with Gasteiger partial charge in [-0.05, 0) is 80.8 Å². The molecular weight excluding hydrogens is 867 g/mol. The van der Waals surface area contributed by atoms with Crippen molar-refractivity contribution in [3.8, 4) is 16.9 Å². The van der Waals surface area contributed by atoms with Gasteiger partial charge < -0.3 is 34.5 Å². The molecule has 5 rings (SSSR count). The zero-order valence-corrected chi connectivity index (χ0v) is 37.2. The Bertz CT molecular complexity index is 2450. The first-order valence-electron chi connectivity index (χ1n) is 19.6. The number of benzene rings is 2. The first kappa shape index (κ1) is 47.4. The van der Waals surface area contributed by atoms with Gasteiger partial charge in [-0.1, -0.05) is 31.2 Å². The van der Waals surface area contributed by atoms with Crippen molar-refractivity contribution in [2.45, 2.75) is 85.4 Å². The number of anilines is 1. The molecule has 3 N–H and O–H groups in total. The van der Waals surface area contributed by atoms with Crippen LogP contribution in [-0.2, 0) is 59.6 Å². The number of hydrogen-bond acceptors (Lipinski definition) is 16. The normalized spacial score (nSPS) is 16.5. The van der Waals surface area contributed by atoms with Crippen LogP contribution in [0.5, 0.6) is 5.75 Å². The smallest absolute Gasteiger partial charge is 0.347 e. The molecule has 334 valence electrons. The van der Waals surface area contributed by atoms with Crippen molar-refractivity contribution in [1.82, 2.24) is 20.4 Å². The Hall–Kier alpha value is -5.64. The number of aromatic nitrogens is 2. The summed E-state index contributed by atoms with van der Waals surface area (Å²) < 4.78 is 72.9. The molecule has 0 radical (unpaired) electrons. The number of carbonyl (C=O) groups excluding carboxylic acids is 5. The fourth-order valence-electron chi connectivity index (χ4n) is 6.37. The fourth-order valence-corrected chi connectivity index (χ4v) is 11.8. The number of hydrogen-bond donors (Lipinski definition) is 3. The third-order valence-electron chi connectivity index (χ3n) is 9.83. The number of thiophene rings is 1. The summed E-state index contributed by atoms with van der Waals surface area (Å²) in [6.45, 7) is 6.22. The fraction of sp³-hybridized carbons (Fsp3) is 0.415. The summed E-state index contributed by atoms with van der Waals surface area (Å²) in [5.74, 6) is -4.28.